The van der Waals surface area contributed by atoms with Crippen molar-refractivity contribution in [3.63, 3.8) is 0 Å². The topological polar surface area (TPSA) is 110 Å². The van der Waals surface area contributed by atoms with Crippen molar-refractivity contribution < 1.29 is 19.5 Å². The van der Waals surface area contributed by atoms with Crippen molar-refractivity contribution in [3.05, 3.63) is 59.7 Å². The number of piperidine rings is 1. The molecule has 2 heterocycles. The summed E-state index contributed by atoms with van der Waals surface area (Å²) in [4.78, 5) is 26.9. The summed E-state index contributed by atoms with van der Waals surface area (Å²) < 4.78 is 5.45. The highest BCUT2D eigenvalue weighted by molar-refractivity contribution is 5.94. The number of fused-ring (bicyclic) bond motifs is 1. The Kier molecular flexibility index (Phi) is 8.78. The predicted molar refractivity (Wildman–Crippen MR) is 143 cm³/mol. The highest BCUT2D eigenvalue weighted by Gasteiger charge is 2.27. The van der Waals surface area contributed by atoms with Crippen LogP contribution < -0.4 is 5.32 Å². The molecule has 2 N–H and O–H groups in total. The van der Waals surface area contributed by atoms with Gasteiger partial charge >= 0.3 is 6.09 Å². The SMILES string of the molecule is CC(C)(C)NC(=O)c1ccc(CC2CCN(C(=O)OC(C)(C)C)CC2)cc1.On1nnc2ccccc21. The first-order chi connectivity index (χ1) is 17.3. The number of para-hydroxylation sites is 1. The fourth-order valence-corrected chi connectivity index (χ4v) is 4.04. The molecule has 0 spiro atoms. The summed E-state index contributed by atoms with van der Waals surface area (Å²) in [6.45, 7) is 13.1. The zero-order chi connectivity index (χ0) is 27.2. The lowest BCUT2D eigenvalue weighted by atomic mass is 9.90. The van der Waals surface area contributed by atoms with E-state index in [2.05, 4.69) is 15.6 Å². The lowest BCUT2D eigenvalue weighted by molar-refractivity contribution is 0.0184. The third kappa shape index (κ3) is 8.77. The van der Waals surface area contributed by atoms with Crippen LogP contribution in [0.25, 0.3) is 11.0 Å². The van der Waals surface area contributed by atoms with E-state index in [4.69, 9.17) is 9.94 Å². The molecule has 9 heteroatoms. The molecule has 2 amide bonds. The van der Waals surface area contributed by atoms with Gasteiger partial charge in [0.25, 0.3) is 5.91 Å². The van der Waals surface area contributed by atoms with Gasteiger partial charge in [0.1, 0.15) is 16.6 Å². The molecule has 0 radical (unpaired) electrons. The fourth-order valence-electron chi connectivity index (χ4n) is 4.04. The van der Waals surface area contributed by atoms with Crippen molar-refractivity contribution in [3.8, 4) is 0 Å². The van der Waals surface area contributed by atoms with Crippen LogP contribution in [-0.4, -0.2) is 61.5 Å². The van der Waals surface area contributed by atoms with Gasteiger partial charge in [0, 0.05) is 24.2 Å². The number of hydrogen-bond acceptors (Lipinski definition) is 6. The maximum atomic E-state index is 12.2. The molecule has 9 nitrogen and oxygen atoms in total. The third-order valence-electron chi connectivity index (χ3n) is 5.83. The van der Waals surface area contributed by atoms with Gasteiger partial charge in [-0.3, -0.25) is 4.79 Å². The third-order valence-corrected chi connectivity index (χ3v) is 5.83. The van der Waals surface area contributed by atoms with E-state index < -0.39 is 5.60 Å². The minimum atomic E-state index is -0.449. The summed E-state index contributed by atoms with van der Waals surface area (Å²) in [5.41, 5.74) is 2.56. The molecule has 0 saturated carbocycles. The van der Waals surface area contributed by atoms with Crippen LogP contribution in [0.5, 0.6) is 0 Å². The molecule has 4 rings (SSSR count). The molecule has 0 atom stereocenters. The number of amides is 2. The van der Waals surface area contributed by atoms with Crippen LogP contribution in [0.4, 0.5) is 4.79 Å². The number of nitrogens with zero attached hydrogens (tertiary/aromatic N) is 4. The van der Waals surface area contributed by atoms with E-state index in [9.17, 15) is 9.59 Å². The van der Waals surface area contributed by atoms with Crippen LogP contribution >= 0.6 is 0 Å². The van der Waals surface area contributed by atoms with E-state index in [1.807, 2.05) is 82.8 Å². The Balaban J connectivity index is 0.000000313. The maximum absolute atomic E-state index is 12.2. The van der Waals surface area contributed by atoms with E-state index in [1.54, 1.807) is 12.1 Å². The molecule has 1 fully saturated rings. The molecular weight excluding hydrogens is 470 g/mol. The minimum absolute atomic E-state index is 0.0419. The lowest BCUT2D eigenvalue weighted by Crippen LogP contribution is -2.42. The Hall–Kier alpha value is -3.62. The molecule has 0 bridgehead atoms. The van der Waals surface area contributed by atoms with Gasteiger partial charge in [-0.1, -0.05) is 29.1 Å². The number of carbonyl (C=O) groups is 2. The molecule has 37 heavy (non-hydrogen) atoms. The summed E-state index contributed by atoms with van der Waals surface area (Å²) in [6, 6.07) is 15.1. The molecule has 2 aromatic carbocycles. The number of carbonyl (C=O) groups excluding carboxylic acids is 2. The zero-order valence-electron chi connectivity index (χ0n) is 22.7. The van der Waals surface area contributed by atoms with Gasteiger partial charge in [0.2, 0.25) is 0 Å². The summed E-state index contributed by atoms with van der Waals surface area (Å²) >= 11 is 0. The number of benzene rings is 2. The van der Waals surface area contributed by atoms with Crippen molar-refractivity contribution >= 4 is 23.0 Å². The smallest absolute Gasteiger partial charge is 0.410 e. The highest BCUT2D eigenvalue weighted by Crippen LogP contribution is 2.23. The number of nitrogens with one attached hydrogen (secondary N) is 1. The van der Waals surface area contributed by atoms with E-state index in [1.165, 1.54) is 5.56 Å². The number of ether oxygens (including phenoxy) is 1. The molecule has 1 aromatic heterocycles. The number of aromatic nitrogens is 3. The van der Waals surface area contributed by atoms with E-state index in [-0.39, 0.29) is 17.5 Å². The van der Waals surface area contributed by atoms with Crippen molar-refractivity contribution in [2.24, 2.45) is 5.92 Å². The Labute approximate surface area is 218 Å². The van der Waals surface area contributed by atoms with E-state index >= 15 is 0 Å². The largest absolute Gasteiger partial charge is 0.444 e. The maximum Gasteiger partial charge on any atom is 0.410 e. The molecule has 1 aliphatic heterocycles. The quantitative estimate of drug-likeness (QED) is 0.477. The first-order valence-corrected chi connectivity index (χ1v) is 12.7. The average Bonchev–Trinajstić information content (AvgIpc) is 3.19. The summed E-state index contributed by atoms with van der Waals surface area (Å²) in [5, 5.41) is 19.0. The number of likely N-dealkylation sites (tertiary alicyclic amines) is 1. The minimum Gasteiger partial charge on any atom is -0.444 e. The first kappa shape index (κ1) is 28.0. The summed E-state index contributed by atoms with van der Waals surface area (Å²) in [6.07, 6.45) is 2.72. The number of rotatable bonds is 3. The van der Waals surface area contributed by atoms with Crippen LogP contribution in [0.15, 0.2) is 48.5 Å². The second-order valence-corrected chi connectivity index (χ2v) is 11.5. The van der Waals surface area contributed by atoms with Crippen LogP contribution in [0.3, 0.4) is 0 Å². The van der Waals surface area contributed by atoms with Crippen molar-refractivity contribution in [2.75, 3.05) is 13.1 Å². The highest BCUT2D eigenvalue weighted by atomic mass is 16.6. The van der Waals surface area contributed by atoms with Gasteiger partial charge in [-0.15, -0.1) is 5.10 Å². The normalized spacial score (nSPS) is 14.6. The molecular formula is C28H39N5O4. The molecule has 1 saturated heterocycles. The monoisotopic (exact) mass is 509 g/mol. The second kappa shape index (κ2) is 11.6. The van der Waals surface area contributed by atoms with E-state index in [0.29, 0.717) is 22.5 Å². The molecule has 0 aliphatic carbocycles. The van der Waals surface area contributed by atoms with Gasteiger partial charge in [-0.2, -0.15) is 0 Å². The molecule has 3 aromatic rings. The summed E-state index contributed by atoms with van der Waals surface area (Å²) in [5.74, 6) is 0.512. The molecule has 0 unspecified atom stereocenters. The van der Waals surface area contributed by atoms with Gasteiger partial charge in [-0.05, 0) is 102 Å². The second-order valence-electron chi connectivity index (χ2n) is 11.5. The van der Waals surface area contributed by atoms with Crippen molar-refractivity contribution in [2.45, 2.75) is 71.9 Å². The fraction of sp³-hybridized carbons (Fsp3) is 0.500. The Morgan fingerprint density at radius 2 is 1.62 bits per heavy atom. The first-order valence-electron chi connectivity index (χ1n) is 12.7. The van der Waals surface area contributed by atoms with Gasteiger partial charge < -0.3 is 20.2 Å². The Morgan fingerprint density at radius 1 is 1.00 bits per heavy atom. The average molecular weight is 510 g/mol. The molecule has 200 valence electrons. The van der Waals surface area contributed by atoms with Crippen LogP contribution in [0.2, 0.25) is 0 Å². The van der Waals surface area contributed by atoms with Gasteiger partial charge in [0.05, 0.1) is 0 Å². The van der Waals surface area contributed by atoms with Crippen LogP contribution in [0, 0.1) is 5.92 Å². The predicted octanol–water partition coefficient (Wildman–Crippen LogP) is 5.07. The summed E-state index contributed by atoms with van der Waals surface area (Å²) in [7, 11) is 0. The Bertz CT molecular complexity index is 1180. The number of hydrogen-bond donors (Lipinski definition) is 2. The standard InChI is InChI=1S/C22H34N2O3.C6H5N3O/c1-21(2,3)23-19(25)18-9-7-16(8-10-18)15-17-11-13-24(14-12-17)20(26)27-22(4,5)6;10-9-6-4-2-1-3-5(6)7-8-9/h7-10,17H,11-15H2,1-6H3,(H,23,25);1-4,10H. The lowest BCUT2D eigenvalue weighted by Gasteiger charge is -2.33. The Morgan fingerprint density at radius 3 is 2.19 bits per heavy atom. The molecule has 1 aliphatic rings. The van der Waals surface area contributed by atoms with Gasteiger partial charge in [-0.25, -0.2) is 4.79 Å². The van der Waals surface area contributed by atoms with Gasteiger partial charge in [0.15, 0.2) is 0 Å². The van der Waals surface area contributed by atoms with Crippen LogP contribution in [0.1, 0.15) is 70.3 Å². The van der Waals surface area contributed by atoms with Crippen molar-refractivity contribution in [1.29, 1.82) is 0 Å². The van der Waals surface area contributed by atoms with Crippen molar-refractivity contribution in [1.82, 2.24) is 25.4 Å². The van der Waals surface area contributed by atoms with E-state index in [0.717, 1.165) is 37.2 Å². The van der Waals surface area contributed by atoms with Crippen LogP contribution in [-0.2, 0) is 11.2 Å². The zero-order valence-corrected chi connectivity index (χ0v) is 22.7.